The Balaban J connectivity index is 2.61. The van der Waals surface area contributed by atoms with Gasteiger partial charge >= 0.3 is 0 Å². The molecule has 0 spiro atoms. The van der Waals surface area contributed by atoms with Gasteiger partial charge < -0.3 is 4.74 Å². The maximum absolute atomic E-state index is 12.1. The van der Waals surface area contributed by atoms with Gasteiger partial charge in [0.2, 0.25) is 5.91 Å². The molecule has 0 unspecified atom stereocenters. The molecule has 1 amide bonds. The molecule has 0 bridgehead atoms. The molecule has 1 rings (SSSR count). The number of rotatable bonds is 8. The summed E-state index contributed by atoms with van der Waals surface area (Å²) in [4.78, 5) is 13.8. The maximum atomic E-state index is 12.1. The van der Waals surface area contributed by atoms with Crippen LogP contribution in [0.5, 0.6) is 0 Å². The van der Waals surface area contributed by atoms with Gasteiger partial charge in [0.05, 0.1) is 0 Å². The van der Waals surface area contributed by atoms with Crippen LogP contribution in [0.1, 0.15) is 39.5 Å². The van der Waals surface area contributed by atoms with Gasteiger partial charge in [0.15, 0.2) is 0 Å². The number of amides is 1. The van der Waals surface area contributed by atoms with Crippen molar-refractivity contribution < 1.29 is 9.53 Å². The molecule has 1 aromatic rings. The molecule has 0 saturated carbocycles. The molecule has 0 saturated heterocycles. The summed E-state index contributed by atoms with van der Waals surface area (Å²) in [5.74, 6) is 0.125. The third-order valence-electron chi connectivity index (χ3n) is 2.70. The van der Waals surface area contributed by atoms with E-state index < -0.39 is 0 Å². The van der Waals surface area contributed by atoms with Crippen LogP contribution in [0, 0.1) is 0 Å². The van der Waals surface area contributed by atoms with Crippen molar-refractivity contribution in [1.29, 1.82) is 0 Å². The minimum atomic E-state index is 0.125. The Morgan fingerprint density at radius 2 is 1.89 bits per heavy atom. The van der Waals surface area contributed by atoms with Gasteiger partial charge in [-0.3, -0.25) is 9.69 Å². The molecule has 0 atom stereocenters. The zero-order chi connectivity index (χ0) is 13.2. The lowest BCUT2D eigenvalue weighted by molar-refractivity contribution is -0.119. The fourth-order valence-electron chi connectivity index (χ4n) is 1.65. The Morgan fingerprint density at radius 3 is 2.50 bits per heavy atom. The molecule has 100 valence electrons. The van der Waals surface area contributed by atoms with Gasteiger partial charge in [-0.2, -0.15) is 0 Å². The molecule has 0 N–H and O–H groups in total. The minimum absolute atomic E-state index is 0.125. The molecule has 0 aliphatic heterocycles. The first-order valence-corrected chi connectivity index (χ1v) is 6.72. The predicted molar refractivity (Wildman–Crippen MR) is 74.6 cm³/mol. The summed E-state index contributed by atoms with van der Waals surface area (Å²) in [6.07, 6.45) is 3.56. The average molecular weight is 249 g/mol. The molecule has 0 aliphatic carbocycles. The number of anilines is 1. The van der Waals surface area contributed by atoms with E-state index in [1.54, 1.807) is 4.90 Å². The van der Waals surface area contributed by atoms with Gasteiger partial charge in [-0.05, 0) is 25.0 Å². The fourth-order valence-corrected chi connectivity index (χ4v) is 1.65. The number of carbonyl (C=O) groups excluding carboxylic acids is 1. The number of para-hydroxylation sites is 1. The van der Waals surface area contributed by atoms with E-state index in [2.05, 4.69) is 6.92 Å². The second-order valence-electron chi connectivity index (χ2n) is 4.30. The number of benzene rings is 1. The summed E-state index contributed by atoms with van der Waals surface area (Å²) >= 11 is 0. The van der Waals surface area contributed by atoms with Crippen LogP contribution in [0.25, 0.3) is 0 Å². The number of unbranched alkanes of at least 4 members (excludes halogenated alkanes) is 1. The molecular weight excluding hydrogens is 226 g/mol. The highest BCUT2D eigenvalue weighted by atomic mass is 16.5. The van der Waals surface area contributed by atoms with E-state index in [1.165, 1.54) is 0 Å². The first kappa shape index (κ1) is 14.7. The summed E-state index contributed by atoms with van der Waals surface area (Å²) in [7, 11) is 0. The molecule has 0 aliphatic rings. The standard InChI is InChI=1S/C15H23NO2/c1-3-5-12-18-13-16(15(17)9-4-2)14-10-7-6-8-11-14/h6-8,10-11H,3-5,9,12-13H2,1-2H3. The van der Waals surface area contributed by atoms with Crippen molar-refractivity contribution in [3.8, 4) is 0 Å². The van der Waals surface area contributed by atoms with Crippen molar-refractivity contribution in [2.24, 2.45) is 0 Å². The van der Waals surface area contributed by atoms with Gasteiger partial charge in [0, 0.05) is 18.7 Å². The molecule has 0 aromatic heterocycles. The first-order valence-electron chi connectivity index (χ1n) is 6.72. The Bertz CT molecular complexity index is 338. The van der Waals surface area contributed by atoms with Gasteiger partial charge in [-0.15, -0.1) is 0 Å². The van der Waals surface area contributed by atoms with E-state index in [9.17, 15) is 4.79 Å². The Morgan fingerprint density at radius 1 is 1.17 bits per heavy atom. The van der Waals surface area contributed by atoms with E-state index in [0.29, 0.717) is 19.8 Å². The number of ether oxygens (including phenoxy) is 1. The van der Waals surface area contributed by atoms with E-state index >= 15 is 0 Å². The molecule has 3 heteroatoms. The molecular formula is C15H23NO2. The molecule has 0 heterocycles. The van der Waals surface area contributed by atoms with Crippen LogP contribution in [0.2, 0.25) is 0 Å². The summed E-state index contributed by atoms with van der Waals surface area (Å²) in [6, 6.07) is 9.71. The van der Waals surface area contributed by atoms with E-state index in [-0.39, 0.29) is 5.91 Å². The molecule has 0 fully saturated rings. The van der Waals surface area contributed by atoms with Crippen LogP contribution in [-0.2, 0) is 9.53 Å². The second-order valence-corrected chi connectivity index (χ2v) is 4.30. The lowest BCUT2D eigenvalue weighted by atomic mass is 10.2. The largest absolute Gasteiger partial charge is 0.361 e. The fraction of sp³-hybridized carbons (Fsp3) is 0.533. The van der Waals surface area contributed by atoms with Crippen LogP contribution in [0.3, 0.4) is 0 Å². The van der Waals surface area contributed by atoms with Crippen molar-refractivity contribution in [3.63, 3.8) is 0 Å². The summed E-state index contributed by atoms with van der Waals surface area (Å²) in [6.45, 7) is 5.20. The number of nitrogens with zero attached hydrogens (tertiary/aromatic N) is 1. The van der Waals surface area contributed by atoms with Crippen molar-refractivity contribution >= 4 is 11.6 Å². The van der Waals surface area contributed by atoms with Gasteiger partial charge in [0.1, 0.15) is 6.73 Å². The van der Waals surface area contributed by atoms with Gasteiger partial charge in [-0.1, -0.05) is 38.5 Å². The molecule has 0 radical (unpaired) electrons. The molecule has 18 heavy (non-hydrogen) atoms. The van der Waals surface area contributed by atoms with E-state index in [4.69, 9.17) is 4.74 Å². The van der Waals surface area contributed by atoms with Crippen LogP contribution >= 0.6 is 0 Å². The molecule has 1 aromatic carbocycles. The highest BCUT2D eigenvalue weighted by Gasteiger charge is 2.14. The number of hydrogen-bond donors (Lipinski definition) is 0. The van der Waals surface area contributed by atoms with E-state index in [1.807, 2.05) is 37.3 Å². The third-order valence-corrected chi connectivity index (χ3v) is 2.70. The first-order chi connectivity index (χ1) is 8.79. The lowest BCUT2D eigenvalue weighted by Crippen LogP contribution is -2.33. The van der Waals surface area contributed by atoms with Gasteiger partial charge in [0.25, 0.3) is 0 Å². The summed E-state index contributed by atoms with van der Waals surface area (Å²) in [5.41, 5.74) is 0.910. The normalized spacial score (nSPS) is 10.3. The topological polar surface area (TPSA) is 29.5 Å². The zero-order valence-corrected chi connectivity index (χ0v) is 11.4. The Kier molecular flexibility index (Phi) is 7.11. The average Bonchev–Trinajstić information content (AvgIpc) is 2.40. The van der Waals surface area contributed by atoms with E-state index in [0.717, 1.165) is 24.9 Å². The van der Waals surface area contributed by atoms with Crippen LogP contribution in [-0.4, -0.2) is 19.2 Å². The number of carbonyl (C=O) groups is 1. The summed E-state index contributed by atoms with van der Waals surface area (Å²) in [5, 5.41) is 0. The smallest absolute Gasteiger partial charge is 0.228 e. The Labute approximate surface area is 110 Å². The van der Waals surface area contributed by atoms with Crippen molar-refractivity contribution in [2.75, 3.05) is 18.2 Å². The van der Waals surface area contributed by atoms with Crippen LogP contribution in [0.4, 0.5) is 5.69 Å². The predicted octanol–water partition coefficient (Wildman–Crippen LogP) is 3.59. The third kappa shape index (κ3) is 4.88. The SMILES string of the molecule is CCCCOCN(C(=O)CCC)c1ccccc1. The Hall–Kier alpha value is -1.35. The lowest BCUT2D eigenvalue weighted by Gasteiger charge is -2.22. The van der Waals surface area contributed by atoms with Crippen LogP contribution in [0.15, 0.2) is 30.3 Å². The second kappa shape index (κ2) is 8.70. The zero-order valence-electron chi connectivity index (χ0n) is 11.4. The minimum Gasteiger partial charge on any atom is -0.361 e. The number of hydrogen-bond acceptors (Lipinski definition) is 2. The van der Waals surface area contributed by atoms with Crippen molar-refractivity contribution in [3.05, 3.63) is 30.3 Å². The van der Waals surface area contributed by atoms with Crippen LogP contribution < -0.4 is 4.90 Å². The maximum Gasteiger partial charge on any atom is 0.228 e. The van der Waals surface area contributed by atoms with Crippen molar-refractivity contribution in [1.82, 2.24) is 0 Å². The monoisotopic (exact) mass is 249 g/mol. The van der Waals surface area contributed by atoms with Gasteiger partial charge in [-0.25, -0.2) is 0 Å². The highest BCUT2D eigenvalue weighted by Crippen LogP contribution is 2.15. The van der Waals surface area contributed by atoms with Crippen molar-refractivity contribution in [2.45, 2.75) is 39.5 Å². The quantitative estimate of drug-likeness (QED) is 0.520. The molecule has 3 nitrogen and oxygen atoms in total. The summed E-state index contributed by atoms with van der Waals surface area (Å²) < 4.78 is 5.56. The highest BCUT2D eigenvalue weighted by molar-refractivity contribution is 5.93.